The Morgan fingerprint density at radius 2 is 2.00 bits per heavy atom. The minimum absolute atomic E-state index is 0.0785. The van der Waals surface area contributed by atoms with Gasteiger partial charge in [-0.15, -0.1) is 11.3 Å². The molecular formula is C16H18N2O4S2. The second kappa shape index (κ2) is 6.92. The van der Waals surface area contributed by atoms with Gasteiger partial charge in [0, 0.05) is 24.8 Å². The molecule has 2 aromatic rings. The Balaban J connectivity index is 1.85. The van der Waals surface area contributed by atoms with E-state index in [4.69, 9.17) is 4.74 Å². The molecule has 1 amide bonds. The van der Waals surface area contributed by atoms with Gasteiger partial charge in [0.25, 0.3) is 5.91 Å². The third kappa shape index (κ3) is 3.31. The molecular weight excluding hydrogens is 348 g/mol. The Morgan fingerprint density at radius 1 is 1.25 bits per heavy atom. The minimum Gasteiger partial charge on any atom is -0.497 e. The first-order valence-corrected chi connectivity index (χ1v) is 9.87. The predicted molar refractivity (Wildman–Crippen MR) is 93.3 cm³/mol. The van der Waals surface area contributed by atoms with E-state index in [1.165, 1.54) is 10.4 Å². The fourth-order valence-corrected chi connectivity index (χ4v) is 5.44. The van der Waals surface area contributed by atoms with E-state index in [0.29, 0.717) is 24.5 Å². The number of carbonyl (C=O) groups excluding carboxylic acids is 1. The second-order valence-corrected chi connectivity index (χ2v) is 8.23. The zero-order valence-corrected chi connectivity index (χ0v) is 14.8. The van der Waals surface area contributed by atoms with Crippen LogP contribution in [0.25, 0.3) is 0 Å². The Morgan fingerprint density at radius 3 is 2.71 bits per heavy atom. The van der Waals surface area contributed by atoms with Gasteiger partial charge < -0.3 is 10.1 Å². The van der Waals surface area contributed by atoms with Gasteiger partial charge in [0.15, 0.2) is 0 Å². The van der Waals surface area contributed by atoms with Gasteiger partial charge in [-0.25, -0.2) is 8.42 Å². The van der Waals surface area contributed by atoms with Crippen LogP contribution in [0, 0.1) is 0 Å². The quantitative estimate of drug-likeness (QED) is 0.883. The lowest BCUT2D eigenvalue weighted by Crippen LogP contribution is -2.29. The van der Waals surface area contributed by atoms with Crippen molar-refractivity contribution in [2.24, 2.45) is 0 Å². The maximum atomic E-state index is 12.7. The number of nitrogens with one attached hydrogen (secondary N) is 1. The first kappa shape index (κ1) is 16.9. The summed E-state index contributed by atoms with van der Waals surface area (Å²) < 4.78 is 32.0. The van der Waals surface area contributed by atoms with Crippen molar-refractivity contribution in [3.8, 4) is 5.75 Å². The highest BCUT2D eigenvalue weighted by molar-refractivity contribution is 7.89. The van der Waals surface area contributed by atoms with Crippen molar-refractivity contribution in [2.75, 3.05) is 25.5 Å². The summed E-state index contributed by atoms with van der Waals surface area (Å²) in [6.45, 7) is 1.02. The first-order valence-electron chi connectivity index (χ1n) is 7.55. The van der Waals surface area contributed by atoms with Gasteiger partial charge in [-0.05, 0) is 36.4 Å². The lowest BCUT2D eigenvalue weighted by Gasteiger charge is -2.15. The lowest BCUT2D eigenvalue weighted by atomic mass is 10.3. The fraction of sp³-hybridized carbons (Fsp3) is 0.312. The van der Waals surface area contributed by atoms with Crippen LogP contribution in [0.5, 0.6) is 5.75 Å². The molecule has 0 bridgehead atoms. The molecule has 128 valence electrons. The number of anilines is 1. The molecule has 3 rings (SSSR count). The average molecular weight is 366 g/mol. The summed E-state index contributed by atoms with van der Waals surface area (Å²) >= 11 is 1.12. The molecule has 0 radical (unpaired) electrons. The van der Waals surface area contributed by atoms with Crippen molar-refractivity contribution in [3.05, 3.63) is 40.6 Å². The number of hydrogen-bond acceptors (Lipinski definition) is 5. The molecule has 0 aliphatic carbocycles. The number of ether oxygens (including phenoxy) is 1. The number of methoxy groups -OCH3 is 1. The third-order valence-corrected chi connectivity index (χ3v) is 6.83. The van der Waals surface area contributed by atoms with Crippen LogP contribution in [-0.4, -0.2) is 38.8 Å². The molecule has 1 aliphatic rings. The zero-order valence-electron chi connectivity index (χ0n) is 13.2. The number of hydrogen-bond donors (Lipinski definition) is 1. The SMILES string of the molecule is COc1cccc(NC(=O)c2sccc2S(=O)(=O)N2CCCC2)c1. The number of amides is 1. The van der Waals surface area contributed by atoms with E-state index in [9.17, 15) is 13.2 Å². The molecule has 1 aromatic carbocycles. The highest BCUT2D eigenvalue weighted by Gasteiger charge is 2.31. The molecule has 1 aliphatic heterocycles. The normalized spacial score (nSPS) is 15.4. The van der Waals surface area contributed by atoms with Gasteiger partial charge in [0.05, 0.1) is 7.11 Å². The molecule has 1 fully saturated rings. The first-order chi connectivity index (χ1) is 11.5. The number of benzene rings is 1. The molecule has 1 N–H and O–H groups in total. The lowest BCUT2D eigenvalue weighted by molar-refractivity contribution is 0.102. The van der Waals surface area contributed by atoms with Crippen molar-refractivity contribution in [1.82, 2.24) is 4.31 Å². The maximum absolute atomic E-state index is 12.7. The van der Waals surface area contributed by atoms with Crippen molar-refractivity contribution >= 4 is 33.0 Å². The molecule has 1 saturated heterocycles. The summed E-state index contributed by atoms with van der Waals surface area (Å²) in [5.74, 6) is 0.180. The number of sulfonamides is 1. The van der Waals surface area contributed by atoms with Crippen molar-refractivity contribution in [3.63, 3.8) is 0 Å². The van der Waals surface area contributed by atoms with Crippen LogP contribution in [0.2, 0.25) is 0 Å². The van der Waals surface area contributed by atoms with E-state index in [0.717, 1.165) is 24.2 Å². The molecule has 0 atom stereocenters. The van der Waals surface area contributed by atoms with Gasteiger partial charge in [0.1, 0.15) is 15.5 Å². The molecule has 8 heteroatoms. The largest absolute Gasteiger partial charge is 0.497 e. The molecule has 6 nitrogen and oxygen atoms in total. The minimum atomic E-state index is -3.62. The summed E-state index contributed by atoms with van der Waals surface area (Å²) in [6.07, 6.45) is 1.71. The van der Waals surface area contributed by atoms with Gasteiger partial charge in [0.2, 0.25) is 10.0 Å². The summed E-state index contributed by atoms with van der Waals surface area (Å²) in [6, 6.07) is 8.43. The average Bonchev–Trinajstić information content (AvgIpc) is 3.26. The fourth-order valence-electron chi connectivity index (χ4n) is 2.62. The maximum Gasteiger partial charge on any atom is 0.267 e. The summed E-state index contributed by atoms with van der Waals surface area (Å²) in [5.41, 5.74) is 0.553. The van der Waals surface area contributed by atoms with Crippen LogP contribution >= 0.6 is 11.3 Å². The molecule has 0 saturated carbocycles. The van der Waals surface area contributed by atoms with Crippen molar-refractivity contribution in [1.29, 1.82) is 0 Å². The Labute approximate surface area is 145 Å². The van der Waals surface area contributed by atoms with Crippen LogP contribution in [-0.2, 0) is 10.0 Å². The molecule has 0 unspecified atom stereocenters. The molecule has 1 aromatic heterocycles. The van der Waals surface area contributed by atoms with Crippen molar-refractivity contribution < 1.29 is 17.9 Å². The number of rotatable bonds is 5. The smallest absolute Gasteiger partial charge is 0.267 e. The standard InChI is InChI=1S/C16H18N2O4S2/c1-22-13-6-4-5-12(11-13)17-16(19)15-14(7-10-23-15)24(20,21)18-8-2-3-9-18/h4-7,10-11H,2-3,8-9H2,1H3,(H,17,19). The van der Waals surface area contributed by atoms with Crippen LogP contribution < -0.4 is 10.1 Å². The topological polar surface area (TPSA) is 75.7 Å². The monoisotopic (exact) mass is 366 g/mol. The van der Waals surface area contributed by atoms with E-state index >= 15 is 0 Å². The number of carbonyl (C=O) groups is 1. The summed E-state index contributed by atoms with van der Waals surface area (Å²) in [4.78, 5) is 12.8. The van der Waals surface area contributed by atoms with E-state index in [2.05, 4.69) is 5.32 Å². The van der Waals surface area contributed by atoms with Crippen LogP contribution in [0.4, 0.5) is 5.69 Å². The molecule has 2 heterocycles. The summed E-state index contributed by atoms with van der Waals surface area (Å²) in [7, 11) is -2.08. The van der Waals surface area contributed by atoms with Crippen LogP contribution in [0.3, 0.4) is 0 Å². The van der Waals surface area contributed by atoms with Gasteiger partial charge in [-0.3, -0.25) is 4.79 Å². The van der Waals surface area contributed by atoms with Crippen LogP contribution in [0.1, 0.15) is 22.5 Å². The van der Waals surface area contributed by atoms with E-state index in [-0.39, 0.29) is 9.77 Å². The second-order valence-electron chi connectivity index (χ2n) is 5.41. The van der Waals surface area contributed by atoms with E-state index in [1.807, 2.05) is 0 Å². The van der Waals surface area contributed by atoms with Gasteiger partial charge >= 0.3 is 0 Å². The number of thiophene rings is 1. The Kier molecular flexibility index (Phi) is 4.88. The molecule has 0 spiro atoms. The predicted octanol–water partition coefficient (Wildman–Crippen LogP) is 2.79. The van der Waals surface area contributed by atoms with Crippen molar-refractivity contribution in [2.45, 2.75) is 17.7 Å². The Hall–Kier alpha value is -1.90. The highest BCUT2D eigenvalue weighted by atomic mass is 32.2. The van der Waals surface area contributed by atoms with Gasteiger partial charge in [-0.2, -0.15) is 4.31 Å². The summed E-state index contributed by atoms with van der Waals surface area (Å²) in [5, 5.41) is 4.36. The van der Waals surface area contributed by atoms with Gasteiger partial charge in [-0.1, -0.05) is 6.07 Å². The molecule has 24 heavy (non-hydrogen) atoms. The highest BCUT2D eigenvalue weighted by Crippen LogP contribution is 2.28. The number of nitrogens with zero attached hydrogens (tertiary/aromatic N) is 1. The van der Waals surface area contributed by atoms with E-state index < -0.39 is 15.9 Å². The third-order valence-electron chi connectivity index (χ3n) is 3.85. The van der Waals surface area contributed by atoms with E-state index in [1.54, 1.807) is 36.8 Å². The zero-order chi connectivity index (χ0) is 17.2. The van der Waals surface area contributed by atoms with Crippen LogP contribution in [0.15, 0.2) is 40.6 Å². The Bertz CT molecular complexity index is 839.